The minimum absolute atomic E-state index is 0. The van der Waals surface area contributed by atoms with Gasteiger partial charge in [-0.05, 0) is 31.5 Å². The fourth-order valence-corrected chi connectivity index (χ4v) is 2.55. The second kappa shape index (κ2) is 8.28. The predicted molar refractivity (Wildman–Crippen MR) is 95.6 cm³/mol. The van der Waals surface area contributed by atoms with E-state index in [0.29, 0.717) is 18.8 Å². The van der Waals surface area contributed by atoms with Crippen LogP contribution in [0.15, 0.2) is 24.3 Å². The summed E-state index contributed by atoms with van der Waals surface area (Å²) in [4.78, 5) is 12.4. The van der Waals surface area contributed by atoms with E-state index in [1.807, 2.05) is 38.1 Å². The zero-order chi connectivity index (χ0) is 16.2. The summed E-state index contributed by atoms with van der Waals surface area (Å²) in [7, 11) is 0. The molecule has 3 rings (SSSR count). The van der Waals surface area contributed by atoms with Gasteiger partial charge in [-0.3, -0.25) is 9.89 Å². The number of hydrogen-bond acceptors (Lipinski definition) is 4. The van der Waals surface area contributed by atoms with Gasteiger partial charge in [-0.2, -0.15) is 5.10 Å². The number of ether oxygens (including phenoxy) is 1. The molecule has 1 aliphatic rings. The Morgan fingerprint density at radius 1 is 1.33 bits per heavy atom. The van der Waals surface area contributed by atoms with Crippen LogP contribution in [0.3, 0.4) is 0 Å². The molecule has 0 fully saturated rings. The number of carbonyl (C=O) groups excluding carboxylic acids is 1. The van der Waals surface area contributed by atoms with Crippen LogP contribution in [0.25, 0.3) is 0 Å². The maximum absolute atomic E-state index is 12.4. The zero-order valence-corrected chi connectivity index (χ0v) is 14.7. The number of aromatic nitrogens is 2. The summed E-state index contributed by atoms with van der Waals surface area (Å²) in [6.45, 7) is 6.18. The maximum Gasteiger partial charge on any atom is 0.276 e. The van der Waals surface area contributed by atoms with E-state index in [-0.39, 0.29) is 24.4 Å². The molecule has 0 atom stereocenters. The molecule has 2 heterocycles. The van der Waals surface area contributed by atoms with Crippen molar-refractivity contribution in [2.45, 2.75) is 39.5 Å². The highest BCUT2D eigenvalue weighted by Gasteiger charge is 2.21. The van der Waals surface area contributed by atoms with Gasteiger partial charge in [-0.15, -0.1) is 12.4 Å². The molecule has 1 aliphatic heterocycles. The lowest BCUT2D eigenvalue weighted by Gasteiger charge is -2.13. The number of carbonyl (C=O) groups is 1. The quantitative estimate of drug-likeness (QED) is 0.774. The second-order valence-corrected chi connectivity index (χ2v) is 5.97. The minimum atomic E-state index is -0.183. The van der Waals surface area contributed by atoms with E-state index >= 15 is 0 Å². The zero-order valence-electron chi connectivity index (χ0n) is 13.9. The van der Waals surface area contributed by atoms with Crippen molar-refractivity contribution in [3.8, 4) is 0 Å². The number of nitrogens with one attached hydrogen (secondary N) is 3. The molecule has 0 bridgehead atoms. The fourth-order valence-electron chi connectivity index (χ4n) is 2.55. The molecule has 0 radical (unpaired) electrons. The molecule has 1 amide bonds. The Morgan fingerprint density at radius 2 is 2.08 bits per heavy atom. The SMILES string of the molecule is CC(C)OCc1ccc(NC(=O)c2n[nH]c3c2CNCC3)cc1.Cl. The Kier molecular flexibility index (Phi) is 6.36. The number of amides is 1. The summed E-state index contributed by atoms with van der Waals surface area (Å²) >= 11 is 0. The molecule has 0 unspecified atom stereocenters. The number of aromatic amines is 1. The van der Waals surface area contributed by atoms with Crippen LogP contribution in [-0.4, -0.2) is 28.8 Å². The molecule has 6 nitrogen and oxygen atoms in total. The van der Waals surface area contributed by atoms with Gasteiger partial charge in [0.15, 0.2) is 5.69 Å². The van der Waals surface area contributed by atoms with Crippen LogP contribution in [0.2, 0.25) is 0 Å². The standard InChI is InChI=1S/C17H22N4O2.ClH/c1-11(2)23-10-12-3-5-13(6-4-12)19-17(22)16-14-9-18-8-7-15(14)20-21-16;/h3-6,11,18H,7-10H2,1-2H3,(H,19,22)(H,20,21);1H. The second-order valence-electron chi connectivity index (χ2n) is 5.97. The lowest BCUT2D eigenvalue weighted by atomic mass is 10.1. The molecule has 130 valence electrons. The van der Waals surface area contributed by atoms with E-state index < -0.39 is 0 Å². The highest BCUT2D eigenvalue weighted by Crippen LogP contribution is 2.17. The Hall–Kier alpha value is -1.89. The third-order valence-corrected chi connectivity index (χ3v) is 3.82. The summed E-state index contributed by atoms with van der Waals surface area (Å²) in [6, 6.07) is 7.68. The van der Waals surface area contributed by atoms with Gasteiger partial charge >= 0.3 is 0 Å². The van der Waals surface area contributed by atoms with Crippen molar-refractivity contribution >= 4 is 24.0 Å². The number of fused-ring (bicyclic) bond motifs is 1. The van der Waals surface area contributed by atoms with Gasteiger partial charge in [0, 0.05) is 36.5 Å². The number of anilines is 1. The normalized spacial score (nSPS) is 13.3. The summed E-state index contributed by atoms with van der Waals surface area (Å²) in [5.74, 6) is -0.183. The number of nitrogens with zero attached hydrogens (tertiary/aromatic N) is 1. The Labute approximate surface area is 147 Å². The molecule has 0 aliphatic carbocycles. The first-order valence-electron chi connectivity index (χ1n) is 7.92. The van der Waals surface area contributed by atoms with Crippen LogP contribution < -0.4 is 10.6 Å². The fraction of sp³-hybridized carbons (Fsp3) is 0.412. The van der Waals surface area contributed by atoms with Gasteiger partial charge in [0.2, 0.25) is 0 Å². The third-order valence-electron chi connectivity index (χ3n) is 3.82. The molecule has 0 spiro atoms. The third kappa shape index (κ3) is 4.35. The predicted octanol–water partition coefficient (Wildman–Crippen LogP) is 2.65. The van der Waals surface area contributed by atoms with Crippen LogP contribution in [0.4, 0.5) is 5.69 Å². The van der Waals surface area contributed by atoms with Crippen LogP contribution in [0.5, 0.6) is 0 Å². The summed E-state index contributed by atoms with van der Waals surface area (Å²) < 4.78 is 5.56. The van der Waals surface area contributed by atoms with E-state index in [0.717, 1.165) is 35.5 Å². The molecule has 1 aromatic heterocycles. The van der Waals surface area contributed by atoms with Crippen LogP contribution in [0, 0.1) is 0 Å². The largest absolute Gasteiger partial charge is 0.374 e. The van der Waals surface area contributed by atoms with Crippen molar-refractivity contribution < 1.29 is 9.53 Å². The number of hydrogen-bond donors (Lipinski definition) is 3. The van der Waals surface area contributed by atoms with E-state index in [4.69, 9.17) is 4.74 Å². The first-order valence-corrected chi connectivity index (χ1v) is 7.92. The first kappa shape index (κ1) is 18.4. The van der Waals surface area contributed by atoms with Gasteiger partial charge < -0.3 is 15.4 Å². The molecule has 3 N–H and O–H groups in total. The molecule has 0 saturated heterocycles. The molecule has 24 heavy (non-hydrogen) atoms. The van der Waals surface area contributed by atoms with Gasteiger partial charge in [0.1, 0.15) is 0 Å². The molecular formula is C17H23ClN4O2. The van der Waals surface area contributed by atoms with Crippen LogP contribution in [0.1, 0.15) is 41.2 Å². The van der Waals surface area contributed by atoms with E-state index in [2.05, 4.69) is 20.8 Å². The maximum atomic E-state index is 12.4. The summed E-state index contributed by atoms with van der Waals surface area (Å²) in [5, 5.41) is 13.3. The van der Waals surface area contributed by atoms with Gasteiger partial charge in [-0.1, -0.05) is 12.1 Å². The Balaban J connectivity index is 0.00000208. The van der Waals surface area contributed by atoms with Crippen LogP contribution >= 0.6 is 12.4 Å². The van der Waals surface area contributed by atoms with Crippen molar-refractivity contribution in [3.05, 3.63) is 46.8 Å². The van der Waals surface area contributed by atoms with Gasteiger partial charge in [0.05, 0.1) is 12.7 Å². The van der Waals surface area contributed by atoms with E-state index in [9.17, 15) is 4.79 Å². The monoisotopic (exact) mass is 350 g/mol. The topological polar surface area (TPSA) is 79.0 Å². The van der Waals surface area contributed by atoms with Crippen molar-refractivity contribution in [3.63, 3.8) is 0 Å². The van der Waals surface area contributed by atoms with Crippen molar-refractivity contribution in [1.29, 1.82) is 0 Å². The lowest BCUT2D eigenvalue weighted by molar-refractivity contribution is 0.0657. The smallest absolute Gasteiger partial charge is 0.276 e. The highest BCUT2D eigenvalue weighted by atomic mass is 35.5. The van der Waals surface area contributed by atoms with Crippen molar-refractivity contribution in [2.75, 3.05) is 11.9 Å². The molecule has 2 aromatic rings. The average Bonchev–Trinajstić information content (AvgIpc) is 2.98. The number of halogens is 1. The Bertz CT molecular complexity index is 682. The van der Waals surface area contributed by atoms with Gasteiger partial charge in [-0.25, -0.2) is 0 Å². The minimum Gasteiger partial charge on any atom is -0.374 e. The van der Waals surface area contributed by atoms with Gasteiger partial charge in [0.25, 0.3) is 5.91 Å². The number of benzene rings is 1. The molecular weight excluding hydrogens is 328 g/mol. The first-order chi connectivity index (χ1) is 11.1. The average molecular weight is 351 g/mol. The Morgan fingerprint density at radius 3 is 2.79 bits per heavy atom. The van der Waals surface area contributed by atoms with Crippen molar-refractivity contribution in [2.24, 2.45) is 0 Å². The van der Waals surface area contributed by atoms with Crippen LogP contribution in [-0.2, 0) is 24.3 Å². The van der Waals surface area contributed by atoms with Crippen molar-refractivity contribution in [1.82, 2.24) is 15.5 Å². The summed E-state index contributed by atoms with van der Waals surface area (Å²) in [6.07, 6.45) is 1.08. The van der Waals surface area contributed by atoms with E-state index in [1.165, 1.54) is 0 Å². The summed E-state index contributed by atoms with van der Waals surface area (Å²) in [5.41, 5.74) is 4.33. The molecule has 7 heteroatoms. The molecule has 1 aromatic carbocycles. The lowest BCUT2D eigenvalue weighted by Crippen LogP contribution is -2.25. The number of H-pyrrole nitrogens is 1. The number of rotatable bonds is 5. The van der Waals surface area contributed by atoms with E-state index in [1.54, 1.807) is 0 Å². The molecule has 0 saturated carbocycles. The highest BCUT2D eigenvalue weighted by molar-refractivity contribution is 6.04.